The van der Waals surface area contributed by atoms with E-state index in [9.17, 15) is 15.0 Å². The SMILES string of the molecule is CCCc1ccc2c(c1)C(c1ccc(OC)cc1OCCO)C(C(=O)O)C2c1ccc2c(c1)OCO2. The number of aryl methyl sites for hydroxylation is 1. The highest BCUT2D eigenvalue weighted by molar-refractivity contribution is 5.78. The van der Waals surface area contributed by atoms with Gasteiger partial charge in [-0.05, 0) is 46.9 Å². The molecule has 0 fully saturated rings. The van der Waals surface area contributed by atoms with Crippen LogP contribution in [0.5, 0.6) is 23.0 Å². The molecule has 1 aliphatic heterocycles. The van der Waals surface area contributed by atoms with Crippen LogP contribution in [0, 0.1) is 5.92 Å². The fourth-order valence-electron chi connectivity index (χ4n) is 5.52. The standard InChI is InChI=1S/C29H30O7/c1-3-4-17-5-8-20-22(13-17)27(21-9-7-19(33-2)15-24(21)34-12-11-30)28(29(31)32)26(20)18-6-10-23-25(14-18)36-16-35-23/h5-10,13-15,26-28,30H,3-4,11-12,16H2,1-2H3,(H,31,32). The summed E-state index contributed by atoms with van der Waals surface area (Å²) in [6.07, 6.45) is 1.90. The van der Waals surface area contributed by atoms with Crippen LogP contribution in [0.4, 0.5) is 0 Å². The molecule has 0 saturated carbocycles. The smallest absolute Gasteiger partial charge is 0.308 e. The van der Waals surface area contributed by atoms with Crippen LogP contribution >= 0.6 is 0 Å². The maximum absolute atomic E-state index is 13.0. The summed E-state index contributed by atoms with van der Waals surface area (Å²) in [7, 11) is 1.57. The number of hydrogen-bond acceptors (Lipinski definition) is 6. The van der Waals surface area contributed by atoms with E-state index >= 15 is 0 Å². The van der Waals surface area contributed by atoms with Crippen molar-refractivity contribution < 1.29 is 34.0 Å². The Morgan fingerprint density at radius 3 is 2.53 bits per heavy atom. The van der Waals surface area contributed by atoms with Gasteiger partial charge in [-0.25, -0.2) is 0 Å². The van der Waals surface area contributed by atoms with Crippen molar-refractivity contribution in [2.45, 2.75) is 31.6 Å². The van der Waals surface area contributed by atoms with Crippen molar-refractivity contribution in [3.8, 4) is 23.0 Å². The lowest BCUT2D eigenvalue weighted by atomic mass is 9.79. The largest absolute Gasteiger partial charge is 0.497 e. The molecule has 2 aliphatic rings. The molecule has 1 heterocycles. The van der Waals surface area contributed by atoms with E-state index in [1.807, 2.05) is 30.3 Å². The summed E-state index contributed by atoms with van der Waals surface area (Å²) in [6.45, 7) is 2.23. The average molecular weight is 491 g/mol. The van der Waals surface area contributed by atoms with Crippen LogP contribution in [-0.2, 0) is 11.2 Å². The van der Waals surface area contributed by atoms with E-state index in [2.05, 4.69) is 25.1 Å². The first-order chi connectivity index (χ1) is 17.5. The van der Waals surface area contributed by atoms with Crippen LogP contribution in [0.15, 0.2) is 54.6 Å². The highest BCUT2D eigenvalue weighted by Gasteiger charge is 2.47. The topological polar surface area (TPSA) is 94.5 Å². The number of carboxylic acids is 1. The van der Waals surface area contributed by atoms with Gasteiger partial charge in [0.15, 0.2) is 11.5 Å². The Bertz CT molecular complexity index is 1270. The fraction of sp³-hybridized carbons (Fsp3) is 0.345. The number of benzene rings is 3. The number of aliphatic carboxylic acids is 1. The maximum atomic E-state index is 13.0. The molecule has 0 saturated heterocycles. The third kappa shape index (κ3) is 4.24. The number of aliphatic hydroxyl groups is 1. The van der Waals surface area contributed by atoms with E-state index in [0.717, 1.165) is 35.1 Å². The molecule has 36 heavy (non-hydrogen) atoms. The number of fused-ring (bicyclic) bond motifs is 2. The molecule has 7 heteroatoms. The van der Waals surface area contributed by atoms with Crippen molar-refractivity contribution in [1.82, 2.24) is 0 Å². The number of hydrogen-bond donors (Lipinski definition) is 2. The van der Waals surface area contributed by atoms with Crippen molar-refractivity contribution in [1.29, 1.82) is 0 Å². The van der Waals surface area contributed by atoms with Gasteiger partial charge < -0.3 is 29.2 Å². The predicted octanol–water partition coefficient (Wildman–Crippen LogP) is 4.73. The zero-order valence-corrected chi connectivity index (χ0v) is 20.4. The number of carboxylic acid groups (broad SMARTS) is 1. The van der Waals surface area contributed by atoms with Gasteiger partial charge in [0.25, 0.3) is 0 Å². The number of carbonyl (C=O) groups is 1. The van der Waals surface area contributed by atoms with E-state index < -0.39 is 17.8 Å². The van der Waals surface area contributed by atoms with Crippen molar-refractivity contribution >= 4 is 5.97 Å². The third-order valence-electron chi connectivity index (χ3n) is 7.02. The Kier molecular flexibility index (Phi) is 6.74. The molecule has 0 amide bonds. The lowest BCUT2D eigenvalue weighted by Gasteiger charge is -2.25. The Hall–Kier alpha value is -3.71. The molecular formula is C29H30O7. The molecule has 3 aromatic carbocycles. The number of rotatable bonds is 9. The summed E-state index contributed by atoms with van der Waals surface area (Å²) >= 11 is 0. The number of aliphatic hydroxyl groups excluding tert-OH is 1. The highest BCUT2D eigenvalue weighted by Crippen LogP contribution is 2.55. The molecule has 3 aromatic rings. The van der Waals surface area contributed by atoms with Crippen molar-refractivity contribution in [3.63, 3.8) is 0 Å². The summed E-state index contributed by atoms with van der Waals surface area (Å²) in [6, 6.07) is 17.4. The van der Waals surface area contributed by atoms with Gasteiger partial charge in [-0.3, -0.25) is 4.79 Å². The number of methoxy groups -OCH3 is 1. The molecule has 7 nitrogen and oxygen atoms in total. The molecule has 1 aliphatic carbocycles. The maximum Gasteiger partial charge on any atom is 0.308 e. The van der Waals surface area contributed by atoms with Gasteiger partial charge in [-0.2, -0.15) is 0 Å². The minimum absolute atomic E-state index is 0.0962. The van der Waals surface area contributed by atoms with Crippen LogP contribution < -0.4 is 18.9 Å². The van der Waals surface area contributed by atoms with Crippen LogP contribution in [-0.4, -0.2) is 43.3 Å². The monoisotopic (exact) mass is 490 g/mol. The van der Waals surface area contributed by atoms with Crippen molar-refractivity contribution in [2.75, 3.05) is 27.1 Å². The van der Waals surface area contributed by atoms with Gasteiger partial charge in [0.1, 0.15) is 18.1 Å². The van der Waals surface area contributed by atoms with Crippen LogP contribution in [0.25, 0.3) is 0 Å². The first kappa shape index (κ1) is 24.0. The Morgan fingerprint density at radius 2 is 1.78 bits per heavy atom. The molecule has 188 valence electrons. The summed E-state index contributed by atoms with van der Waals surface area (Å²) in [5, 5.41) is 20.0. The molecular weight excluding hydrogens is 460 g/mol. The first-order valence-corrected chi connectivity index (χ1v) is 12.2. The van der Waals surface area contributed by atoms with Gasteiger partial charge in [0, 0.05) is 23.5 Å². The van der Waals surface area contributed by atoms with E-state index in [0.29, 0.717) is 23.0 Å². The first-order valence-electron chi connectivity index (χ1n) is 12.2. The zero-order chi connectivity index (χ0) is 25.2. The minimum atomic E-state index is -0.889. The van der Waals surface area contributed by atoms with E-state index in [4.69, 9.17) is 18.9 Å². The van der Waals surface area contributed by atoms with Gasteiger partial charge in [-0.15, -0.1) is 0 Å². The molecule has 0 bridgehead atoms. The molecule has 0 aromatic heterocycles. The van der Waals surface area contributed by atoms with Crippen LogP contribution in [0.1, 0.15) is 53.0 Å². The third-order valence-corrected chi connectivity index (χ3v) is 7.02. The second-order valence-electron chi connectivity index (χ2n) is 9.12. The molecule has 5 rings (SSSR count). The average Bonchev–Trinajstić information content (AvgIpc) is 3.49. The van der Waals surface area contributed by atoms with Crippen LogP contribution in [0.3, 0.4) is 0 Å². The summed E-state index contributed by atoms with van der Waals surface area (Å²) in [4.78, 5) is 13.0. The van der Waals surface area contributed by atoms with E-state index in [1.54, 1.807) is 13.2 Å². The molecule has 3 unspecified atom stereocenters. The van der Waals surface area contributed by atoms with E-state index in [-0.39, 0.29) is 25.9 Å². The Balaban J connectivity index is 1.70. The summed E-state index contributed by atoms with van der Waals surface area (Å²) < 4.78 is 22.4. The fourth-order valence-corrected chi connectivity index (χ4v) is 5.52. The van der Waals surface area contributed by atoms with Crippen molar-refractivity contribution in [2.24, 2.45) is 5.92 Å². The second-order valence-corrected chi connectivity index (χ2v) is 9.12. The molecule has 3 atom stereocenters. The molecule has 0 radical (unpaired) electrons. The second kappa shape index (κ2) is 10.1. The molecule has 2 N–H and O–H groups in total. The lowest BCUT2D eigenvalue weighted by molar-refractivity contribution is -0.142. The van der Waals surface area contributed by atoms with Crippen molar-refractivity contribution in [3.05, 3.63) is 82.4 Å². The molecule has 0 spiro atoms. The summed E-state index contributed by atoms with van der Waals surface area (Å²) in [5.41, 5.74) is 4.76. The summed E-state index contributed by atoms with van der Waals surface area (Å²) in [5.74, 6) is -0.109. The quantitative estimate of drug-likeness (QED) is 0.448. The Morgan fingerprint density at radius 1 is 0.972 bits per heavy atom. The predicted molar refractivity (Wildman–Crippen MR) is 133 cm³/mol. The normalized spacial score (nSPS) is 19.7. The van der Waals surface area contributed by atoms with E-state index in [1.165, 1.54) is 5.56 Å². The number of ether oxygens (including phenoxy) is 4. The van der Waals surface area contributed by atoms with Crippen LogP contribution in [0.2, 0.25) is 0 Å². The Labute approximate surface area is 210 Å². The van der Waals surface area contributed by atoms with Gasteiger partial charge in [0.2, 0.25) is 6.79 Å². The van der Waals surface area contributed by atoms with Gasteiger partial charge >= 0.3 is 5.97 Å². The van der Waals surface area contributed by atoms with Gasteiger partial charge in [-0.1, -0.05) is 43.7 Å². The lowest BCUT2D eigenvalue weighted by Crippen LogP contribution is -2.24. The minimum Gasteiger partial charge on any atom is -0.497 e. The zero-order valence-electron chi connectivity index (χ0n) is 20.4. The van der Waals surface area contributed by atoms with Gasteiger partial charge in [0.05, 0.1) is 19.6 Å². The highest BCUT2D eigenvalue weighted by atomic mass is 16.7.